The van der Waals surface area contributed by atoms with Gasteiger partial charge in [0.25, 0.3) is 5.91 Å². The summed E-state index contributed by atoms with van der Waals surface area (Å²) in [6, 6.07) is 6.35. The second-order valence-electron chi connectivity index (χ2n) is 17.7. The van der Waals surface area contributed by atoms with E-state index in [1.54, 1.807) is 4.90 Å². The van der Waals surface area contributed by atoms with E-state index in [2.05, 4.69) is 34.1 Å². The number of thioether (sulfide) groups is 1. The average molecular weight is 809 g/mol. The Morgan fingerprint density at radius 3 is 2.49 bits per heavy atom. The van der Waals surface area contributed by atoms with Gasteiger partial charge in [0.1, 0.15) is 5.75 Å². The molecule has 0 radical (unpaired) electrons. The molecule has 2 aliphatic heterocycles. The van der Waals surface area contributed by atoms with Gasteiger partial charge >= 0.3 is 6.03 Å². The molecule has 4 fully saturated rings. The lowest BCUT2D eigenvalue weighted by Gasteiger charge is -2.49. The number of urea groups is 1. The van der Waals surface area contributed by atoms with Gasteiger partial charge in [0, 0.05) is 63.0 Å². The Morgan fingerprint density at radius 1 is 0.930 bits per heavy atom. The van der Waals surface area contributed by atoms with Crippen LogP contribution in [0.25, 0.3) is 0 Å². The molecule has 6 rings (SSSR count). The van der Waals surface area contributed by atoms with Crippen LogP contribution in [-0.2, 0) is 25.6 Å². The van der Waals surface area contributed by atoms with Crippen LogP contribution in [0, 0.1) is 17.3 Å². The van der Waals surface area contributed by atoms with E-state index in [1.807, 2.05) is 42.9 Å². The number of hydrogen-bond donors (Lipinski definition) is 4. The molecule has 2 saturated heterocycles. The molecule has 0 unspecified atom stereocenters. The first-order valence-electron chi connectivity index (χ1n) is 22.0. The third kappa shape index (κ3) is 11.2. The zero-order chi connectivity index (χ0) is 40.4. The predicted octanol–water partition coefficient (Wildman–Crippen LogP) is 6.50. The fourth-order valence-electron chi connectivity index (χ4n) is 10.4. The first-order chi connectivity index (χ1) is 27.5. The number of nitrogens with zero attached hydrogens (tertiary/aromatic N) is 3. The number of phenols is 1. The maximum absolute atomic E-state index is 12.8. The number of oxime groups is 1. The first-order valence-corrected chi connectivity index (χ1v) is 23.0. The maximum atomic E-state index is 12.8. The van der Waals surface area contributed by atoms with Crippen LogP contribution in [0.3, 0.4) is 0 Å². The standard InChI is InChI=1S/C44H68N6O6S/c1-44-23-22-33-32-19-17-31(51)27-30(32)16-18-34(33)35(44)20-21-38(44)48-56-28-41(54)50(3)26-12-5-4-11-25-49(2)40(53)15-7-6-10-24-45-39(52)14-9-8-13-37-42-36(29-57-37)46-43(55)47-42/h17,19,27,33-37,42,51H,4-16,18,20-26,28-29H2,1-3H3,(H,45,52)(H2,46,47,55)/b48-38-/t33-,34-,35+,36+,37+,42+,44+/m1/s1. The van der Waals surface area contributed by atoms with Crippen molar-refractivity contribution >= 4 is 41.2 Å². The summed E-state index contributed by atoms with van der Waals surface area (Å²) in [5, 5.41) is 24.0. The van der Waals surface area contributed by atoms with E-state index in [1.165, 1.54) is 11.1 Å². The minimum absolute atomic E-state index is 0.0286. The summed E-state index contributed by atoms with van der Waals surface area (Å²) < 4.78 is 0. The third-order valence-electron chi connectivity index (χ3n) is 13.9. The Morgan fingerprint density at radius 2 is 1.68 bits per heavy atom. The molecule has 4 N–H and O–H groups in total. The average Bonchev–Trinajstić information content (AvgIpc) is 3.86. The molecule has 5 amide bonds. The molecule has 3 aliphatic carbocycles. The molecule has 1 aromatic rings. The smallest absolute Gasteiger partial charge is 0.315 e. The Bertz CT molecular complexity index is 1590. The van der Waals surface area contributed by atoms with Crippen molar-refractivity contribution in [3.8, 4) is 5.75 Å². The SMILES string of the molecule is CN(CCCCCCN(C)C(=O)CO/N=C1/CC[C@H]2[C@@H]3CCc4cc(O)ccc4[C@H]3CC[C@]12C)C(=O)CCCCCNC(=O)CCCC[C@@H]1SC[C@@H]2NC(=O)N[C@@H]21. The topological polar surface area (TPSA) is 153 Å². The lowest BCUT2D eigenvalue weighted by molar-refractivity contribution is -0.135. The second-order valence-corrected chi connectivity index (χ2v) is 19.0. The highest BCUT2D eigenvalue weighted by Gasteiger charge is 2.54. The molecular weight excluding hydrogens is 741 g/mol. The Kier molecular flexibility index (Phi) is 15.5. The quantitative estimate of drug-likeness (QED) is 0.0629. The van der Waals surface area contributed by atoms with Crippen LogP contribution in [-0.4, -0.2) is 108 Å². The first kappa shape index (κ1) is 43.1. The van der Waals surface area contributed by atoms with Gasteiger partial charge in [-0.1, -0.05) is 43.8 Å². The van der Waals surface area contributed by atoms with E-state index in [-0.39, 0.29) is 47.9 Å². The molecule has 0 bridgehead atoms. The van der Waals surface area contributed by atoms with Gasteiger partial charge < -0.3 is 35.7 Å². The highest BCUT2D eigenvalue weighted by Crippen LogP contribution is 2.60. The van der Waals surface area contributed by atoms with Gasteiger partial charge in [-0.3, -0.25) is 14.4 Å². The molecule has 5 aliphatic rings. The number of aromatic hydroxyl groups is 1. The monoisotopic (exact) mass is 808 g/mol. The summed E-state index contributed by atoms with van der Waals surface area (Å²) in [6.07, 6.45) is 16.8. The van der Waals surface area contributed by atoms with Crippen LogP contribution in [0.1, 0.15) is 133 Å². The summed E-state index contributed by atoms with van der Waals surface area (Å²) in [4.78, 5) is 58.5. The number of rotatable bonds is 21. The molecule has 2 heterocycles. The van der Waals surface area contributed by atoms with E-state index in [9.17, 15) is 24.3 Å². The number of carbonyl (C=O) groups excluding carboxylic acids is 4. The summed E-state index contributed by atoms with van der Waals surface area (Å²) in [5.74, 6) is 3.31. The third-order valence-corrected chi connectivity index (χ3v) is 15.4. The van der Waals surface area contributed by atoms with Gasteiger partial charge in [-0.05, 0) is 118 Å². The number of benzene rings is 1. The van der Waals surface area contributed by atoms with Crippen LogP contribution in [0.2, 0.25) is 0 Å². The summed E-state index contributed by atoms with van der Waals surface area (Å²) >= 11 is 1.91. The molecule has 12 nitrogen and oxygen atoms in total. The van der Waals surface area contributed by atoms with Crippen LogP contribution in [0.4, 0.5) is 4.79 Å². The fourth-order valence-corrected chi connectivity index (χ4v) is 12.0. The molecule has 316 valence electrons. The number of fused-ring (bicyclic) bond motifs is 6. The minimum atomic E-state index is -0.0568. The zero-order valence-corrected chi connectivity index (χ0v) is 35.5. The molecule has 1 aromatic carbocycles. The molecule has 2 saturated carbocycles. The predicted molar refractivity (Wildman–Crippen MR) is 225 cm³/mol. The van der Waals surface area contributed by atoms with Crippen molar-refractivity contribution in [2.24, 2.45) is 22.4 Å². The summed E-state index contributed by atoms with van der Waals surface area (Å²) in [7, 11) is 3.71. The lowest BCUT2D eigenvalue weighted by Crippen LogP contribution is -2.42. The Labute approximate surface area is 344 Å². The van der Waals surface area contributed by atoms with E-state index >= 15 is 0 Å². The van der Waals surface area contributed by atoms with E-state index in [4.69, 9.17) is 4.84 Å². The summed E-state index contributed by atoms with van der Waals surface area (Å²) in [6.45, 7) is 4.39. The van der Waals surface area contributed by atoms with Crippen molar-refractivity contribution in [3.63, 3.8) is 0 Å². The van der Waals surface area contributed by atoms with Crippen LogP contribution in [0.15, 0.2) is 23.4 Å². The fraction of sp³-hybridized carbons (Fsp3) is 0.750. The van der Waals surface area contributed by atoms with E-state index in [0.717, 1.165) is 121 Å². The normalized spacial score (nSPS) is 27.8. The highest BCUT2D eigenvalue weighted by molar-refractivity contribution is 8.00. The van der Waals surface area contributed by atoms with Crippen LogP contribution in [0.5, 0.6) is 5.75 Å². The number of unbranched alkanes of at least 4 members (excludes halogenated alkanes) is 6. The second kappa shape index (κ2) is 20.5. The van der Waals surface area contributed by atoms with Gasteiger partial charge in [-0.25, -0.2) is 4.79 Å². The van der Waals surface area contributed by atoms with Crippen LogP contribution < -0.4 is 16.0 Å². The highest BCUT2D eigenvalue weighted by atomic mass is 32.2. The molecular formula is C44H68N6O6S. The van der Waals surface area contributed by atoms with Crippen molar-refractivity contribution in [2.45, 2.75) is 146 Å². The summed E-state index contributed by atoms with van der Waals surface area (Å²) in [5.41, 5.74) is 3.89. The van der Waals surface area contributed by atoms with Crippen molar-refractivity contribution < 1.29 is 29.1 Å². The molecule has 13 heteroatoms. The Balaban J connectivity index is 0.745. The van der Waals surface area contributed by atoms with Gasteiger partial charge in [0.05, 0.1) is 17.8 Å². The number of amides is 5. The van der Waals surface area contributed by atoms with E-state index < -0.39 is 0 Å². The number of hydrogen-bond acceptors (Lipinski definition) is 8. The van der Waals surface area contributed by atoms with Crippen molar-refractivity contribution in [2.75, 3.05) is 46.1 Å². The number of carbonyl (C=O) groups is 4. The number of nitrogens with one attached hydrogen (secondary N) is 3. The maximum Gasteiger partial charge on any atom is 0.315 e. The van der Waals surface area contributed by atoms with Crippen LogP contribution >= 0.6 is 11.8 Å². The van der Waals surface area contributed by atoms with E-state index in [0.29, 0.717) is 54.7 Å². The Hall–Kier alpha value is -3.48. The van der Waals surface area contributed by atoms with Gasteiger partial charge in [0.2, 0.25) is 11.8 Å². The molecule has 0 spiro atoms. The van der Waals surface area contributed by atoms with Gasteiger partial charge in [0.15, 0.2) is 6.61 Å². The van der Waals surface area contributed by atoms with Gasteiger partial charge in [-0.15, -0.1) is 0 Å². The van der Waals surface area contributed by atoms with Crippen molar-refractivity contribution in [1.82, 2.24) is 25.8 Å². The number of likely N-dealkylation sites (N-methyl/N-ethyl adjacent to an activating group) is 1. The zero-order valence-electron chi connectivity index (χ0n) is 34.7. The number of phenolic OH excluding ortho intramolecular Hbond substituents is 1. The lowest BCUT2D eigenvalue weighted by atomic mass is 9.55. The minimum Gasteiger partial charge on any atom is -0.508 e. The molecule has 7 atom stereocenters. The largest absolute Gasteiger partial charge is 0.508 e. The number of aryl methyl sites for hydroxylation is 1. The van der Waals surface area contributed by atoms with Crippen molar-refractivity contribution in [1.29, 1.82) is 0 Å². The van der Waals surface area contributed by atoms with Crippen molar-refractivity contribution in [3.05, 3.63) is 29.3 Å². The molecule has 57 heavy (non-hydrogen) atoms. The molecule has 0 aromatic heterocycles. The van der Waals surface area contributed by atoms with Gasteiger partial charge in [-0.2, -0.15) is 11.8 Å².